The molecule has 1 aliphatic rings. The number of methoxy groups -OCH3 is 3. The standard InChI is InChI=1S/C17H20N6O3S/c1-24-12-5-4-11(13(8-12)25-2)9-22-6-7-23-14(10-22)19-20-15(23)16-18-17(26-3)21-27-16/h4-5,8H,6-7,9-10H2,1-3H3. The van der Waals surface area contributed by atoms with Crippen molar-refractivity contribution >= 4 is 11.5 Å². The molecule has 2 aromatic heterocycles. The van der Waals surface area contributed by atoms with E-state index in [0.29, 0.717) is 12.6 Å². The van der Waals surface area contributed by atoms with Gasteiger partial charge in [-0.05, 0) is 17.6 Å². The summed E-state index contributed by atoms with van der Waals surface area (Å²) in [6.45, 7) is 3.14. The summed E-state index contributed by atoms with van der Waals surface area (Å²) in [5.74, 6) is 3.26. The van der Waals surface area contributed by atoms with Crippen LogP contribution in [0.4, 0.5) is 0 Å². The van der Waals surface area contributed by atoms with Crippen molar-refractivity contribution in [2.45, 2.75) is 19.6 Å². The molecule has 0 radical (unpaired) electrons. The van der Waals surface area contributed by atoms with E-state index in [2.05, 4.69) is 29.0 Å². The van der Waals surface area contributed by atoms with Gasteiger partial charge in [-0.2, -0.15) is 4.98 Å². The van der Waals surface area contributed by atoms with Gasteiger partial charge in [0, 0.05) is 31.3 Å². The Morgan fingerprint density at radius 3 is 2.70 bits per heavy atom. The summed E-state index contributed by atoms with van der Waals surface area (Å²) in [4.78, 5) is 6.64. The predicted octanol–water partition coefficient (Wildman–Crippen LogP) is 1.84. The van der Waals surface area contributed by atoms with Crippen LogP contribution in [0.5, 0.6) is 17.5 Å². The largest absolute Gasteiger partial charge is 0.497 e. The quantitative estimate of drug-likeness (QED) is 0.632. The summed E-state index contributed by atoms with van der Waals surface area (Å²) in [5.41, 5.74) is 1.11. The first-order chi connectivity index (χ1) is 13.2. The van der Waals surface area contributed by atoms with Crippen LogP contribution in [0.15, 0.2) is 18.2 Å². The minimum absolute atomic E-state index is 0.358. The maximum absolute atomic E-state index is 5.51. The summed E-state index contributed by atoms with van der Waals surface area (Å²) in [6.07, 6.45) is 0. The van der Waals surface area contributed by atoms with Gasteiger partial charge in [-0.15, -0.1) is 14.6 Å². The minimum atomic E-state index is 0.358. The Morgan fingerprint density at radius 1 is 1.07 bits per heavy atom. The van der Waals surface area contributed by atoms with Crippen molar-refractivity contribution < 1.29 is 14.2 Å². The van der Waals surface area contributed by atoms with Crippen LogP contribution < -0.4 is 14.2 Å². The second kappa shape index (κ2) is 7.49. The topological polar surface area (TPSA) is 87.4 Å². The highest BCUT2D eigenvalue weighted by molar-refractivity contribution is 7.09. The number of hydrogen-bond acceptors (Lipinski definition) is 9. The van der Waals surface area contributed by atoms with Crippen LogP contribution in [0.25, 0.3) is 10.8 Å². The smallest absolute Gasteiger partial charge is 0.328 e. The highest BCUT2D eigenvalue weighted by Gasteiger charge is 2.24. The van der Waals surface area contributed by atoms with Gasteiger partial charge >= 0.3 is 6.01 Å². The molecule has 1 aromatic carbocycles. The van der Waals surface area contributed by atoms with E-state index in [4.69, 9.17) is 14.2 Å². The summed E-state index contributed by atoms with van der Waals surface area (Å²) in [6, 6.07) is 6.25. The van der Waals surface area contributed by atoms with Crippen LogP contribution in [0.3, 0.4) is 0 Å². The zero-order valence-electron chi connectivity index (χ0n) is 15.4. The van der Waals surface area contributed by atoms with Crippen molar-refractivity contribution in [1.82, 2.24) is 29.0 Å². The SMILES string of the molecule is COc1ccc(CN2CCn3c(nnc3-c3nc(OC)ns3)C2)c(OC)c1. The fourth-order valence-corrected chi connectivity index (χ4v) is 3.74. The number of aromatic nitrogens is 5. The molecular formula is C17H20N6O3S. The first-order valence-electron chi connectivity index (χ1n) is 8.45. The minimum Gasteiger partial charge on any atom is -0.497 e. The summed E-state index contributed by atoms with van der Waals surface area (Å²) in [7, 11) is 4.88. The van der Waals surface area contributed by atoms with Crippen molar-refractivity contribution in [3.05, 3.63) is 29.6 Å². The third-order valence-electron chi connectivity index (χ3n) is 4.50. The maximum atomic E-state index is 5.51. The van der Waals surface area contributed by atoms with Gasteiger partial charge in [0.15, 0.2) is 10.8 Å². The number of ether oxygens (including phenoxy) is 3. The third-order valence-corrected chi connectivity index (χ3v) is 5.20. The van der Waals surface area contributed by atoms with Crippen molar-refractivity contribution in [2.24, 2.45) is 0 Å². The molecular weight excluding hydrogens is 368 g/mol. The second-order valence-electron chi connectivity index (χ2n) is 6.07. The average Bonchev–Trinajstić information content (AvgIpc) is 3.34. The summed E-state index contributed by atoms with van der Waals surface area (Å²) >= 11 is 1.27. The van der Waals surface area contributed by atoms with Gasteiger partial charge in [-0.25, -0.2) is 0 Å². The van der Waals surface area contributed by atoms with E-state index >= 15 is 0 Å². The van der Waals surface area contributed by atoms with E-state index in [1.54, 1.807) is 21.3 Å². The molecule has 10 heteroatoms. The molecule has 0 atom stereocenters. The monoisotopic (exact) mass is 388 g/mol. The number of hydrogen-bond donors (Lipinski definition) is 0. The molecule has 0 saturated carbocycles. The first kappa shape index (κ1) is 17.7. The third kappa shape index (κ3) is 3.45. The van der Waals surface area contributed by atoms with E-state index in [1.165, 1.54) is 11.5 Å². The molecule has 0 amide bonds. The molecule has 9 nitrogen and oxygen atoms in total. The van der Waals surface area contributed by atoms with Gasteiger partial charge in [0.25, 0.3) is 0 Å². The first-order valence-corrected chi connectivity index (χ1v) is 9.22. The fourth-order valence-electron chi connectivity index (χ4n) is 3.11. The van der Waals surface area contributed by atoms with E-state index < -0.39 is 0 Å². The van der Waals surface area contributed by atoms with Crippen LogP contribution in [0.1, 0.15) is 11.4 Å². The molecule has 27 heavy (non-hydrogen) atoms. The molecule has 3 heterocycles. The van der Waals surface area contributed by atoms with Crippen molar-refractivity contribution in [1.29, 1.82) is 0 Å². The normalized spacial score (nSPS) is 14.0. The van der Waals surface area contributed by atoms with Gasteiger partial charge < -0.3 is 18.8 Å². The lowest BCUT2D eigenvalue weighted by Crippen LogP contribution is -2.33. The molecule has 0 unspecified atom stereocenters. The Kier molecular flexibility index (Phi) is 4.90. The highest BCUT2D eigenvalue weighted by atomic mass is 32.1. The molecule has 142 valence electrons. The van der Waals surface area contributed by atoms with Crippen LogP contribution in [-0.4, -0.2) is 56.9 Å². The van der Waals surface area contributed by atoms with Crippen molar-refractivity contribution in [3.8, 4) is 28.3 Å². The number of fused-ring (bicyclic) bond motifs is 1. The zero-order valence-corrected chi connectivity index (χ0v) is 16.2. The summed E-state index contributed by atoms with van der Waals surface area (Å²) < 4.78 is 22.1. The Bertz CT molecular complexity index is 941. The van der Waals surface area contributed by atoms with Gasteiger partial charge in [0.05, 0.1) is 27.9 Å². The Hall–Kier alpha value is -2.72. The predicted molar refractivity (Wildman–Crippen MR) is 99.1 cm³/mol. The molecule has 1 aliphatic heterocycles. The van der Waals surface area contributed by atoms with Gasteiger partial charge in [0.2, 0.25) is 0 Å². The Balaban J connectivity index is 1.51. The maximum Gasteiger partial charge on any atom is 0.328 e. The second-order valence-corrected chi connectivity index (χ2v) is 6.82. The van der Waals surface area contributed by atoms with Crippen LogP contribution in [-0.2, 0) is 19.6 Å². The average molecular weight is 388 g/mol. The molecule has 0 spiro atoms. The van der Waals surface area contributed by atoms with E-state index in [-0.39, 0.29) is 0 Å². The highest BCUT2D eigenvalue weighted by Crippen LogP contribution is 2.28. The summed E-state index contributed by atoms with van der Waals surface area (Å²) in [5, 5.41) is 9.38. The van der Waals surface area contributed by atoms with Crippen LogP contribution >= 0.6 is 11.5 Å². The molecule has 4 rings (SSSR count). The van der Waals surface area contributed by atoms with Crippen molar-refractivity contribution in [3.63, 3.8) is 0 Å². The number of rotatable bonds is 6. The van der Waals surface area contributed by atoms with E-state index in [9.17, 15) is 0 Å². The van der Waals surface area contributed by atoms with Crippen LogP contribution in [0.2, 0.25) is 0 Å². The Morgan fingerprint density at radius 2 is 1.96 bits per heavy atom. The molecule has 0 aliphatic carbocycles. The molecule has 3 aromatic rings. The molecule has 0 fully saturated rings. The number of nitrogens with zero attached hydrogens (tertiary/aromatic N) is 6. The Labute approximate surface area is 160 Å². The van der Waals surface area contributed by atoms with Gasteiger partial charge in [-0.1, -0.05) is 6.07 Å². The molecule has 0 bridgehead atoms. The fraction of sp³-hybridized carbons (Fsp3) is 0.412. The lowest BCUT2D eigenvalue weighted by atomic mass is 10.1. The van der Waals surface area contributed by atoms with Crippen LogP contribution in [0, 0.1) is 0 Å². The number of benzene rings is 1. The van der Waals surface area contributed by atoms with Crippen molar-refractivity contribution in [2.75, 3.05) is 27.9 Å². The van der Waals surface area contributed by atoms with E-state index in [0.717, 1.165) is 53.4 Å². The lowest BCUT2D eigenvalue weighted by molar-refractivity contribution is 0.207. The molecule has 0 saturated heterocycles. The van der Waals surface area contributed by atoms with Gasteiger partial charge in [0.1, 0.15) is 17.3 Å². The van der Waals surface area contributed by atoms with Gasteiger partial charge in [-0.3, -0.25) is 4.90 Å². The zero-order chi connectivity index (χ0) is 18.8. The molecule has 0 N–H and O–H groups in total. The lowest BCUT2D eigenvalue weighted by Gasteiger charge is -2.28. The van der Waals surface area contributed by atoms with E-state index in [1.807, 2.05) is 18.2 Å².